The van der Waals surface area contributed by atoms with Gasteiger partial charge < -0.3 is 10.3 Å². The number of nitrogens with zero attached hydrogens (tertiary/aromatic N) is 2. The van der Waals surface area contributed by atoms with Crippen LogP contribution in [0.4, 0.5) is 5.69 Å². The molecule has 0 amide bonds. The maximum absolute atomic E-state index is 6.08. The maximum atomic E-state index is 6.08. The van der Waals surface area contributed by atoms with E-state index in [9.17, 15) is 0 Å². The minimum absolute atomic E-state index is 0.564. The Bertz CT molecular complexity index is 785. The van der Waals surface area contributed by atoms with Crippen LogP contribution in [0, 0.1) is 0 Å². The molecule has 0 unspecified atom stereocenters. The van der Waals surface area contributed by atoms with Gasteiger partial charge in [0, 0.05) is 22.3 Å². The molecule has 0 spiro atoms. The SMILES string of the molecule is Nc1ccc(-c2nc3cc(Cl)ccc3n2C2CC2)cc1. The van der Waals surface area contributed by atoms with Gasteiger partial charge in [0.25, 0.3) is 0 Å². The summed E-state index contributed by atoms with van der Waals surface area (Å²) in [6, 6.07) is 14.4. The zero-order valence-electron chi connectivity index (χ0n) is 10.9. The molecular weight excluding hydrogens is 270 g/mol. The first-order valence-electron chi connectivity index (χ1n) is 6.76. The molecule has 1 fully saturated rings. The summed E-state index contributed by atoms with van der Waals surface area (Å²) >= 11 is 6.08. The number of hydrogen-bond acceptors (Lipinski definition) is 2. The van der Waals surface area contributed by atoms with Crippen LogP contribution in [0.15, 0.2) is 42.5 Å². The number of aromatic nitrogens is 2. The van der Waals surface area contributed by atoms with Crippen LogP contribution in [0.3, 0.4) is 0 Å². The van der Waals surface area contributed by atoms with Crippen molar-refractivity contribution < 1.29 is 0 Å². The molecule has 0 atom stereocenters. The first-order chi connectivity index (χ1) is 9.72. The molecule has 1 aromatic heterocycles. The lowest BCUT2D eigenvalue weighted by Gasteiger charge is -2.07. The van der Waals surface area contributed by atoms with E-state index < -0.39 is 0 Å². The van der Waals surface area contributed by atoms with Crippen molar-refractivity contribution in [3.8, 4) is 11.4 Å². The summed E-state index contributed by atoms with van der Waals surface area (Å²) in [6.07, 6.45) is 2.44. The molecule has 20 heavy (non-hydrogen) atoms. The predicted molar refractivity (Wildman–Crippen MR) is 82.9 cm³/mol. The largest absolute Gasteiger partial charge is 0.399 e. The fraction of sp³-hybridized carbons (Fsp3) is 0.188. The second-order valence-corrected chi connectivity index (χ2v) is 5.73. The Balaban J connectivity index is 1.97. The Hall–Kier alpha value is -2.00. The minimum atomic E-state index is 0.564. The lowest BCUT2D eigenvalue weighted by atomic mass is 10.2. The van der Waals surface area contributed by atoms with Gasteiger partial charge in [-0.2, -0.15) is 0 Å². The predicted octanol–water partition coefficient (Wildman–Crippen LogP) is 4.27. The Morgan fingerprint density at radius 1 is 1.10 bits per heavy atom. The lowest BCUT2D eigenvalue weighted by Crippen LogP contribution is -1.97. The summed E-state index contributed by atoms with van der Waals surface area (Å²) in [4.78, 5) is 4.77. The van der Waals surface area contributed by atoms with Crippen LogP contribution in [0.2, 0.25) is 5.02 Å². The van der Waals surface area contributed by atoms with Gasteiger partial charge in [-0.25, -0.2) is 4.98 Å². The molecule has 2 aromatic carbocycles. The number of imidazole rings is 1. The molecule has 2 N–H and O–H groups in total. The summed E-state index contributed by atoms with van der Waals surface area (Å²) in [5, 5.41) is 0.724. The monoisotopic (exact) mass is 283 g/mol. The van der Waals surface area contributed by atoms with Crippen molar-refractivity contribution in [2.24, 2.45) is 0 Å². The van der Waals surface area contributed by atoms with Gasteiger partial charge >= 0.3 is 0 Å². The zero-order chi connectivity index (χ0) is 13.7. The van der Waals surface area contributed by atoms with Gasteiger partial charge in [0.05, 0.1) is 11.0 Å². The molecule has 100 valence electrons. The Morgan fingerprint density at radius 3 is 2.55 bits per heavy atom. The Kier molecular flexibility index (Phi) is 2.51. The standard InChI is InChI=1S/C16H14ClN3/c17-11-3-8-15-14(9-11)19-16(20(15)13-6-7-13)10-1-4-12(18)5-2-10/h1-5,8-9,13H,6-7,18H2. The first kappa shape index (κ1) is 11.8. The van der Waals surface area contributed by atoms with E-state index >= 15 is 0 Å². The molecule has 1 aliphatic rings. The van der Waals surface area contributed by atoms with Crippen molar-refractivity contribution in [1.82, 2.24) is 9.55 Å². The van der Waals surface area contributed by atoms with Gasteiger partial charge in [-0.05, 0) is 55.3 Å². The van der Waals surface area contributed by atoms with Crippen molar-refractivity contribution in [3.05, 3.63) is 47.5 Å². The van der Waals surface area contributed by atoms with Crippen LogP contribution in [0.5, 0.6) is 0 Å². The molecule has 0 radical (unpaired) electrons. The molecule has 0 aliphatic heterocycles. The second kappa shape index (κ2) is 4.25. The van der Waals surface area contributed by atoms with Crippen LogP contribution in [0.1, 0.15) is 18.9 Å². The van der Waals surface area contributed by atoms with E-state index in [-0.39, 0.29) is 0 Å². The number of nitrogens with two attached hydrogens (primary N) is 1. The van der Waals surface area contributed by atoms with Crippen molar-refractivity contribution in [2.45, 2.75) is 18.9 Å². The Labute approximate surface area is 122 Å². The van der Waals surface area contributed by atoms with Gasteiger partial charge in [-0.15, -0.1) is 0 Å². The third kappa shape index (κ3) is 1.86. The highest BCUT2D eigenvalue weighted by atomic mass is 35.5. The van der Waals surface area contributed by atoms with E-state index in [1.165, 1.54) is 12.8 Å². The van der Waals surface area contributed by atoms with Gasteiger partial charge in [0.1, 0.15) is 5.82 Å². The van der Waals surface area contributed by atoms with Crippen LogP contribution in [0.25, 0.3) is 22.4 Å². The normalized spacial score (nSPS) is 14.8. The van der Waals surface area contributed by atoms with E-state index in [2.05, 4.69) is 10.6 Å². The minimum Gasteiger partial charge on any atom is -0.399 e. The molecule has 4 heteroatoms. The van der Waals surface area contributed by atoms with Gasteiger partial charge in [-0.3, -0.25) is 0 Å². The highest BCUT2D eigenvalue weighted by Gasteiger charge is 2.28. The molecule has 4 rings (SSSR count). The molecule has 0 saturated heterocycles. The molecule has 3 aromatic rings. The van der Waals surface area contributed by atoms with Gasteiger partial charge in [-0.1, -0.05) is 11.6 Å². The van der Waals surface area contributed by atoms with E-state index in [0.29, 0.717) is 6.04 Å². The topological polar surface area (TPSA) is 43.8 Å². The smallest absolute Gasteiger partial charge is 0.141 e. The fourth-order valence-corrected chi connectivity index (χ4v) is 2.78. The highest BCUT2D eigenvalue weighted by Crippen LogP contribution is 2.41. The molecule has 1 saturated carbocycles. The first-order valence-corrected chi connectivity index (χ1v) is 7.13. The van der Waals surface area contributed by atoms with Crippen LogP contribution in [-0.2, 0) is 0 Å². The van der Waals surface area contributed by atoms with Crippen molar-refractivity contribution >= 4 is 28.3 Å². The number of benzene rings is 2. The number of nitrogen functional groups attached to an aromatic ring is 1. The molecule has 3 nitrogen and oxygen atoms in total. The molecule has 1 aliphatic carbocycles. The number of fused-ring (bicyclic) bond motifs is 1. The second-order valence-electron chi connectivity index (χ2n) is 5.29. The number of rotatable bonds is 2. The van der Waals surface area contributed by atoms with Crippen molar-refractivity contribution in [3.63, 3.8) is 0 Å². The average molecular weight is 284 g/mol. The summed E-state index contributed by atoms with van der Waals surface area (Å²) in [7, 11) is 0. The number of halogens is 1. The van der Waals surface area contributed by atoms with Crippen LogP contribution in [-0.4, -0.2) is 9.55 Å². The summed E-state index contributed by atoms with van der Waals surface area (Å²) < 4.78 is 2.33. The summed E-state index contributed by atoms with van der Waals surface area (Å²) in [6.45, 7) is 0. The molecule has 0 bridgehead atoms. The van der Waals surface area contributed by atoms with Crippen molar-refractivity contribution in [2.75, 3.05) is 5.73 Å². The fourth-order valence-electron chi connectivity index (χ4n) is 2.61. The third-order valence-corrected chi connectivity index (χ3v) is 3.97. The van der Waals surface area contributed by atoms with Gasteiger partial charge in [0.2, 0.25) is 0 Å². The van der Waals surface area contributed by atoms with Crippen molar-refractivity contribution in [1.29, 1.82) is 0 Å². The van der Waals surface area contributed by atoms with Gasteiger partial charge in [0.15, 0.2) is 0 Å². The van der Waals surface area contributed by atoms with E-state index in [0.717, 1.165) is 33.1 Å². The summed E-state index contributed by atoms with van der Waals surface area (Å²) in [5.41, 5.74) is 9.74. The van der Waals surface area contributed by atoms with E-state index in [4.69, 9.17) is 22.3 Å². The van der Waals surface area contributed by atoms with E-state index in [1.54, 1.807) is 0 Å². The van der Waals surface area contributed by atoms with Crippen LogP contribution < -0.4 is 5.73 Å². The lowest BCUT2D eigenvalue weighted by molar-refractivity contribution is 0.775. The maximum Gasteiger partial charge on any atom is 0.141 e. The number of anilines is 1. The summed E-state index contributed by atoms with van der Waals surface area (Å²) in [5.74, 6) is 1.00. The quantitative estimate of drug-likeness (QED) is 0.714. The zero-order valence-corrected chi connectivity index (χ0v) is 11.6. The average Bonchev–Trinajstić information content (AvgIpc) is 3.20. The molecule has 1 heterocycles. The highest BCUT2D eigenvalue weighted by molar-refractivity contribution is 6.31. The number of hydrogen-bond donors (Lipinski definition) is 1. The van der Waals surface area contributed by atoms with Crippen LogP contribution >= 0.6 is 11.6 Å². The third-order valence-electron chi connectivity index (χ3n) is 3.73. The Morgan fingerprint density at radius 2 is 1.85 bits per heavy atom. The van der Waals surface area contributed by atoms with E-state index in [1.807, 2.05) is 36.4 Å². The molecular formula is C16H14ClN3.